The average molecular weight is 374 g/mol. The highest BCUT2D eigenvalue weighted by molar-refractivity contribution is 9.10. The Kier molecular flexibility index (Phi) is 3.57. The van der Waals surface area contributed by atoms with Gasteiger partial charge in [0.2, 0.25) is 5.78 Å². The number of benzene rings is 2. The van der Waals surface area contributed by atoms with Gasteiger partial charge in [-0.3, -0.25) is 19.7 Å². The smallest absolute Gasteiger partial charge is 0.281 e. The van der Waals surface area contributed by atoms with Crippen LogP contribution in [0.5, 0.6) is 5.75 Å². The van der Waals surface area contributed by atoms with E-state index in [1.54, 1.807) is 6.07 Å². The second-order valence-corrected chi connectivity index (χ2v) is 5.74. The van der Waals surface area contributed by atoms with Crippen molar-refractivity contribution in [2.45, 2.75) is 0 Å². The minimum absolute atomic E-state index is 0.0233. The number of nitro groups is 1. The van der Waals surface area contributed by atoms with Crippen molar-refractivity contribution in [3.8, 4) is 5.75 Å². The van der Waals surface area contributed by atoms with Gasteiger partial charge < -0.3 is 5.11 Å². The first kappa shape index (κ1) is 15.1. The van der Waals surface area contributed by atoms with Crippen molar-refractivity contribution in [2.24, 2.45) is 0 Å². The average Bonchev–Trinajstić information content (AvgIpc) is 2.76. The maximum atomic E-state index is 12.4. The lowest BCUT2D eigenvalue weighted by molar-refractivity contribution is -0.385. The molecule has 0 amide bonds. The van der Waals surface area contributed by atoms with E-state index in [-0.39, 0.29) is 28.1 Å². The molecule has 1 aliphatic rings. The number of allylic oxidation sites excluding steroid dienone is 1. The van der Waals surface area contributed by atoms with E-state index in [0.29, 0.717) is 10.0 Å². The summed E-state index contributed by atoms with van der Waals surface area (Å²) in [7, 11) is 0. The van der Waals surface area contributed by atoms with Gasteiger partial charge >= 0.3 is 0 Å². The molecule has 2 aromatic rings. The van der Waals surface area contributed by atoms with E-state index in [1.165, 1.54) is 36.4 Å². The first-order valence-electron chi connectivity index (χ1n) is 6.47. The number of halogens is 1. The molecule has 0 radical (unpaired) electrons. The normalized spacial score (nSPS) is 15.1. The monoisotopic (exact) mass is 373 g/mol. The molecule has 0 aliphatic heterocycles. The first-order valence-corrected chi connectivity index (χ1v) is 7.26. The Labute approximate surface area is 138 Å². The van der Waals surface area contributed by atoms with E-state index in [0.717, 1.165) is 0 Å². The van der Waals surface area contributed by atoms with Gasteiger partial charge in [-0.2, -0.15) is 0 Å². The predicted octanol–water partition coefficient (Wildman–Crippen LogP) is 3.53. The molecule has 6 nitrogen and oxygen atoms in total. The lowest BCUT2D eigenvalue weighted by Gasteiger charge is -1.99. The molecule has 0 spiro atoms. The Hall–Kier alpha value is -2.80. The van der Waals surface area contributed by atoms with E-state index in [2.05, 4.69) is 15.9 Å². The zero-order valence-electron chi connectivity index (χ0n) is 11.4. The van der Waals surface area contributed by atoms with Crippen molar-refractivity contribution in [2.75, 3.05) is 0 Å². The number of ketones is 2. The van der Waals surface area contributed by atoms with Crippen LogP contribution in [0.3, 0.4) is 0 Å². The Balaban J connectivity index is 2.13. The summed E-state index contributed by atoms with van der Waals surface area (Å²) in [5.41, 5.74) is -0.134. The van der Waals surface area contributed by atoms with Gasteiger partial charge in [0.1, 0.15) is 11.3 Å². The van der Waals surface area contributed by atoms with Crippen molar-refractivity contribution >= 4 is 39.3 Å². The quantitative estimate of drug-likeness (QED) is 0.375. The summed E-state index contributed by atoms with van der Waals surface area (Å²) in [6.45, 7) is 0. The number of aromatic hydroxyl groups is 1. The van der Waals surface area contributed by atoms with Gasteiger partial charge in [0.25, 0.3) is 5.69 Å². The molecule has 0 aromatic heterocycles. The Morgan fingerprint density at radius 1 is 1.13 bits per heavy atom. The van der Waals surface area contributed by atoms with Crippen LogP contribution in [0.4, 0.5) is 5.69 Å². The SMILES string of the molecule is O=C1/C(=C/c2ccc(O)c(Br)c2)C(=O)c2c1cccc2[N+](=O)[O-]. The van der Waals surface area contributed by atoms with E-state index in [4.69, 9.17) is 0 Å². The minimum Gasteiger partial charge on any atom is -0.507 e. The summed E-state index contributed by atoms with van der Waals surface area (Å²) in [5, 5.41) is 20.5. The van der Waals surface area contributed by atoms with Gasteiger partial charge in [0.05, 0.1) is 15.0 Å². The fraction of sp³-hybridized carbons (Fsp3) is 0. The Morgan fingerprint density at radius 3 is 2.52 bits per heavy atom. The lowest BCUT2D eigenvalue weighted by Crippen LogP contribution is -2.02. The molecule has 2 aromatic carbocycles. The van der Waals surface area contributed by atoms with Crippen LogP contribution in [-0.4, -0.2) is 21.6 Å². The van der Waals surface area contributed by atoms with E-state index < -0.39 is 16.5 Å². The molecule has 0 saturated heterocycles. The number of hydrogen-bond acceptors (Lipinski definition) is 5. The van der Waals surface area contributed by atoms with Crippen LogP contribution in [0.2, 0.25) is 0 Å². The van der Waals surface area contributed by atoms with Crippen molar-refractivity contribution in [1.29, 1.82) is 0 Å². The van der Waals surface area contributed by atoms with Crippen LogP contribution >= 0.6 is 15.9 Å². The molecule has 0 fully saturated rings. The van der Waals surface area contributed by atoms with E-state index in [1.807, 2.05) is 0 Å². The largest absolute Gasteiger partial charge is 0.507 e. The molecule has 0 atom stereocenters. The molecule has 1 N–H and O–H groups in total. The van der Waals surface area contributed by atoms with Gasteiger partial charge in [-0.15, -0.1) is 0 Å². The maximum Gasteiger partial charge on any atom is 0.281 e. The van der Waals surface area contributed by atoms with Gasteiger partial charge in [0, 0.05) is 11.6 Å². The molecule has 1 aliphatic carbocycles. The van der Waals surface area contributed by atoms with Gasteiger partial charge in [-0.05, 0) is 45.8 Å². The molecule has 0 bridgehead atoms. The summed E-state index contributed by atoms with van der Waals surface area (Å²) in [6, 6.07) is 8.46. The molecule has 0 saturated carbocycles. The standard InChI is InChI=1S/C16H8BrNO5/c17-11-7-8(4-5-13(11)19)6-10-15(20)9-2-1-3-12(18(22)23)14(9)16(10)21/h1-7,19H/b10-6-. The number of Topliss-reactive ketones (excluding diaryl/α,β-unsaturated/α-hetero) is 2. The maximum absolute atomic E-state index is 12.4. The van der Waals surface area contributed by atoms with Crippen LogP contribution in [0.1, 0.15) is 26.3 Å². The third kappa shape index (κ3) is 2.44. The number of carbonyl (C=O) groups is 2. The van der Waals surface area contributed by atoms with E-state index >= 15 is 0 Å². The van der Waals surface area contributed by atoms with Crippen LogP contribution in [0, 0.1) is 10.1 Å². The minimum atomic E-state index is -0.676. The van der Waals surface area contributed by atoms with Crippen LogP contribution < -0.4 is 0 Å². The molecule has 23 heavy (non-hydrogen) atoms. The highest BCUT2D eigenvalue weighted by Crippen LogP contribution is 2.34. The molecule has 0 heterocycles. The number of hydrogen-bond donors (Lipinski definition) is 1. The highest BCUT2D eigenvalue weighted by Gasteiger charge is 2.38. The first-order chi connectivity index (χ1) is 10.9. The van der Waals surface area contributed by atoms with Crippen LogP contribution in [-0.2, 0) is 0 Å². The zero-order chi connectivity index (χ0) is 16.7. The molecular formula is C16H8BrNO5. The fourth-order valence-electron chi connectivity index (χ4n) is 2.41. The van der Waals surface area contributed by atoms with Gasteiger partial charge in [-0.25, -0.2) is 0 Å². The summed E-state index contributed by atoms with van der Waals surface area (Å²) >= 11 is 3.15. The van der Waals surface area contributed by atoms with Crippen molar-refractivity contribution < 1.29 is 19.6 Å². The Bertz CT molecular complexity index is 917. The number of phenolic OH excluding ortho intramolecular Hbond substituents is 1. The predicted molar refractivity (Wildman–Crippen MR) is 85.5 cm³/mol. The van der Waals surface area contributed by atoms with E-state index in [9.17, 15) is 24.8 Å². The topological polar surface area (TPSA) is 97.5 Å². The molecule has 7 heteroatoms. The number of carbonyl (C=O) groups excluding carboxylic acids is 2. The molecule has 114 valence electrons. The van der Waals surface area contributed by atoms with Crippen molar-refractivity contribution in [1.82, 2.24) is 0 Å². The summed E-state index contributed by atoms with van der Waals surface area (Å²) in [5.74, 6) is -1.19. The van der Waals surface area contributed by atoms with Crippen LogP contribution in [0.15, 0.2) is 46.4 Å². The number of fused-ring (bicyclic) bond motifs is 1. The third-order valence-electron chi connectivity index (χ3n) is 3.48. The van der Waals surface area contributed by atoms with Crippen LogP contribution in [0.25, 0.3) is 6.08 Å². The number of nitro benzene ring substituents is 1. The van der Waals surface area contributed by atoms with Crippen molar-refractivity contribution in [3.63, 3.8) is 0 Å². The third-order valence-corrected chi connectivity index (χ3v) is 4.12. The summed E-state index contributed by atoms with van der Waals surface area (Å²) in [6.07, 6.45) is 1.36. The second kappa shape index (κ2) is 5.44. The molecule has 0 unspecified atom stereocenters. The summed E-state index contributed by atoms with van der Waals surface area (Å²) < 4.78 is 0.410. The fourth-order valence-corrected chi connectivity index (χ4v) is 2.81. The number of nitrogens with zero attached hydrogens (tertiary/aromatic N) is 1. The highest BCUT2D eigenvalue weighted by atomic mass is 79.9. The lowest BCUT2D eigenvalue weighted by atomic mass is 10.1. The Morgan fingerprint density at radius 2 is 1.87 bits per heavy atom. The molecular weight excluding hydrogens is 366 g/mol. The van der Waals surface area contributed by atoms with Gasteiger partial charge in [0.15, 0.2) is 5.78 Å². The zero-order valence-corrected chi connectivity index (χ0v) is 13.0. The summed E-state index contributed by atoms with van der Waals surface area (Å²) in [4.78, 5) is 35.2. The molecule has 3 rings (SSSR count). The second-order valence-electron chi connectivity index (χ2n) is 4.88. The number of rotatable bonds is 2. The van der Waals surface area contributed by atoms with Crippen molar-refractivity contribution in [3.05, 3.63) is 73.2 Å². The number of phenols is 1. The van der Waals surface area contributed by atoms with Gasteiger partial charge in [-0.1, -0.05) is 12.1 Å².